The Balaban J connectivity index is 1.10. The Morgan fingerprint density at radius 2 is 1.27 bits per heavy atom. The Bertz CT molecular complexity index is 3930. The molecule has 0 N–H and O–H groups in total. The van der Waals surface area contributed by atoms with Gasteiger partial charge >= 0.3 is 0 Å². The first-order chi connectivity index (χ1) is 34.6. The molecular weight excluding hydrogens is 781 g/mol. The Labute approximate surface area is 385 Å². The van der Waals surface area contributed by atoms with Crippen LogP contribution < -0.4 is 9.30 Å². The van der Waals surface area contributed by atoms with Crippen molar-refractivity contribution in [1.29, 1.82) is 0 Å². The fourth-order valence-electron chi connectivity index (χ4n) is 8.76. The van der Waals surface area contributed by atoms with Crippen LogP contribution in [0.2, 0.25) is 0 Å². The van der Waals surface area contributed by atoms with Gasteiger partial charge in [-0.25, -0.2) is 4.98 Å². The zero-order valence-electron chi connectivity index (χ0n) is 43.4. The van der Waals surface area contributed by atoms with E-state index in [1.807, 2.05) is 131 Å². The van der Waals surface area contributed by atoms with Crippen molar-refractivity contribution in [3.05, 3.63) is 224 Å². The smallest absolute Gasteiger partial charge is 0.269 e. The summed E-state index contributed by atoms with van der Waals surface area (Å²) in [5, 5.41) is 2.17. The normalized spacial score (nSPS) is 13.7. The zero-order chi connectivity index (χ0) is 50.2. The fourth-order valence-corrected chi connectivity index (χ4v) is 8.76. The largest absolute Gasteiger partial charge is 0.458 e. The monoisotopic (exact) mass is 834 g/mol. The molecule has 3 heterocycles. The molecule has 0 fully saturated rings. The number of aromatic nitrogens is 4. The Hall–Kier alpha value is -8.02. The topological polar surface area (TPSA) is 35.9 Å². The van der Waals surface area contributed by atoms with Gasteiger partial charge in [0.2, 0.25) is 0 Å². The number of rotatable bonds is 8. The molecule has 0 aliphatic carbocycles. The van der Waals surface area contributed by atoms with Crippen LogP contribution in [0.15, 0.2) is 206 Å². The minimum absolute atomic E-state index is 0.0481. The van der Waals surface area contributed by atoms with E-state index in [-0.39, 0.29) is 28.6 Å². The number of hydrogen-bond acceptors (Lipinski definition) is 2. The van der Waals surface area contributed by atoms with Gasteiger partial charge in [0.05, 0.1) is 40.3 Å². The average molecular weight is 835 g/mol. The van der Waals surface area contributed by atoms with Gasteiger partial charge in [0.1, 0.15) is 17.3 Å². The van der Waals surface area contributed by atoms with Crippen molar-refractivity contribution in [2.45, 2.75) is 33.0 Å². The van der Waals surface area contributed by atoms with Gasteiger partial charge in [0.15, 0.2) is 0 Å². The number of fused-ring (bicyclic) bond motifs is 4. The molecule has 11 rings (SSSR count). The van der Waals surface area contributed by atoms with Crippen molar-refractivity contribution in [3.8, 4) is 62.1 Å². The quantitative estimate of drug-likeness (QED) is 0.113. The van der Waals surface area contributed by atoms with E-state index in [9.17, 15) is 0 Å². The number of benzene rings is 8. The van der Waals surface area contributed by atoms with Gasteiger partial charge in [0.25, 0.3) is 6.33 Å². The van der Waals surface area contributed by atoms with E-state index < -0.39 is 25.0 Å². The summed E-state index contributed by atoms with van der Waals surface area (Å²) in [6, 6.07) is 52.1. The van der Waals surface area contributed by atoms with Crippen LogP contribution in [0.1, 0.15) is 42.9 Å². The molecule has 3 aromatic heterocycles. The summed E-state index contributed by atoms with van der Waals surface area (Å²) in [6.07, 6.45) is 5.48. The number of nitrogens with zero attached hydrogens (tertiary/aromatic N) is 4. The lowest BCUT2D eigenvalue weighted by atomic mass is 9.88. The van der Waals surface area contributed by atoms with Crippen LogP contribution in [-0.4, -0.2) is 14.1 Å². The first-order valence-electron chi connectivity index (χ1n) is 25.2. The molecule has 0 bridgehead atoms. The van der Waals surface area contributed by atoms with E-state index in [1.165, 1.54) is 5.56 Å². The highest BCUT2D eigenvalue weighted by Gasteiger charge is 2.22. The molecule has 5 heteroatoms. The molecule has 8 aromatic carbocycles. The first kappa shape index (κ1) is 30.9. The third kappa shape index (κ3) is 6.83. The molecule has 0 amide bonds. The maximum absolute atomic E-state index is 9.02. The number of aryl methyl sites for hydroxylation is 1. The van der Waals surface area contributed by atoms with E-state index in [0.717, 1.165) is 44.3 Å². The lowest BCUT2D eigenvalue weighted by molar-refractivity contribution is -0.571. The number of ether oxygens (including phenoxy) is 1. The maximum Gasteiger partial charge on any atom is 0.269 e. The second-order valence-corrected chi connectivity index (χ2v) is 16.8. The van der Waals surface area contributed by atoms with E-state index in [4.69, 9.17) is 20.7 Å². The molecule has 11 aromatic rings. The van der Waals surface area contributed by atoms with Gasteiger partial charge in [-0.2, -0.15) is 0 Å². The minimum Gasteiger partial charge on any atom is -0.458 e. The summed E-state index contributed by atoms with van der Waals surface area (Å²) in [5.74, 6) is 2.00. The summed E-state index contributed by atoms with van der Waals surface area (Å²) >= 11 is 0. The van der Waals surface area contributed by atoms with Crippen molar-refractivity contribution >= 4 is 32.8 Å². The van der Waals surface area contributed by atoms with Crippen LogP contribution in [0.3, 0.4) is 0 Å². The van der Waals surface area contributed by atoms with E-state index in [0.29, 0.717) is 45.1 Å². The molecule has 308 valence electrons. The first-order valence-corrected chi connectivity index (χ1v) is 21.2. The SMILES string of the molecule is [2H]c1c([2H])c([2H])c(-c2ccccc2-[n+]2[c-]n(-c3cccc(Oc4ccc5c6ccccc6n(-c6cc(C(C)(C)C)ccn6)c5c4)c3)c3cccc(-c4ccccc4-c4ccccc4C([2H])([2H])[2H])c32)c([2H])c1[2H]. The summed E-state index contributed by atoms with van der Waals surface area (Å²) < 4.78 is 81.6. The van der Waals surface area contributed by atoms with Gasteiger partial charge in [-0.15, -0.1) is 0 Å². The van der Waals surface area contributed by atoms with Crippen LogP contribution in [0.5, 0.6) is 11.5 Å². The average Bonchev–Trinajstić information content (AvgIpc) is 3.94. The summed E-state index contributed by atoms with van der Waals surface area (Å²) in [7, 11) is 0. The molecule has 0 spiro atoms. The second kappa shape index (κ2) is 15.7. The molecule has 0 saturated heterocycles. The summed E-state index contributed by atoms with van der Waals surface area (Å²) in [6.45, 7) is 4.19. The molecule has 64 heavy (non-hydrogen) atoms. The number of hydrogen-bond donors (Lipinski definition) is 0. The van der Waals surface area contributed by atoms with Gasteiger partial charge in [0, 0.05) is 27.1 Å². The molecule has 0 aliphatic heterocycles. The molecule has 0 radical (unpaired) electrons. The lowest BCUT2D eigenvalue weighted by Gasteiger charge is -2.20. The maximum atomic E-state index is 9.02. The standard InChI is InChI=1S/C59H46N4O/c1-40-18-8-9-23-46(40)48-25-10-11-26-49(48)52-28-17-31-55-58(52)62(53-29-14-12-24-47(53)41-19-6-5-7-20-41)39-61(55)43-21-16-22-44(37-43)64-45-32-33-51-50-27-13-15-30-54(50)63(56(51)38-45)57-36-42(34-35-60-57)59(2,3)4/h5-38H,1-4H3/i1D3,5D,6D,7D,19D,20D. The van der Waals surface area contributed by atoms with Crippen LogP contribution >= 0.6 is 0 Å². The van der Waals surface area contributed by atoms with Crippen LogP contribution in [0.25, 0.3) is 83.4 Å². The van der Waals surface area contributed by atoms with Crippen LogP contribution in [0.4, 0.5) is 0 Å². The van der Waals surface area contributed by atoms with Crippen LogP contribution in [0, 0.1) is 13.2 Å². The summed E-state index contributed by atoms with van der Waals surface area (Å²) in [4.78, 5) is 4.85. The predicted octanol–water partition coefficient (Wildman–Crippen LogP) is 14.6. The summed E-state index contributed by atoms with van der Waals surface area (Å²) in [5.41, 5.74) is 9.11. The van der Waals surface area contributed by atoms with Gasteiger partial charge < -0.3 is 4.74 Å². The number of para-hydroxylation sites is 3. The van der Waals surface area contributed by atoms with E-state index in [1.54, 1.807) is 24.3 Å². The van der Waals surface area contributed by atoms with E-state index >= 15 is 0 Å². The Morgan fingerprint density at radius 1 is 0.594 bits per heavy atom. The fraction of sp³-hybridized carbons (Fsp3) is 0.0847. The highest BCUT2D eigenvalue weighted by atomic mass is 16.5. The van der Waals surface area contributed by atoms with Crippen molar-refractivity contribution < 1.29 is 20.3 Å². The van der Waals surface area contributed by atoms with Gasteiger partial charge in [-0.3, -0.25) is 13.7 Å². The number of imidazole rings is 1. The van der Waals surface area contributed by atoms with Crippen molar-refractivity contribution in [1.82, 2.24) is 14.1 Å². The predicted molar refractivity (Wildman–Crippen MR) is 262 cm³/mol. The molecule has 5 nitrogen and oxygen atoms in total. The zero-order valence-corrected chi connectivity index (χ0v) is 35.4. The molecule has 0 aliphatic rings. The van der Waals surface area contributed by atoms with Gasteiger partial charge in [-0.05, 0) is 111 Å². The third-order valence-corrected chi connectivity index (χ3v) is 11.8. The Morgan fingerprint density at radius 3 is 2.09 bits per heavy atom. The highest BCUT2D eigenvalue weighted by Crippen LogP contribution is 2.40. The molecule has 0 saturated carbocycles. The lowest BCUT2D eigenvalue weighted by Crippen LogP contribution is -2.31. The molecule has 0 atom stereocenters. The van der Waals surface area contributed by atoms with Crippen molar-refractivity contribution in [2.24, 2.45) is 0 Å². The Kier molecular flexibility index (Phi) is 7.59. The molecular formula is C59H46N4O. The van der Waals surface area contributed by atoms with E-state index in [2.05, 4.69) is 62.0 Å². The van der Waals surface area contributed by atoms with Crippen molar-refractivity contribution in [3.63, 3.8) is 0 Å². The number of pyridine rings is 1. The van der Waals surface area contributed by atoms with Gasteiger partial charge in [-0.1, -0.05) is 160 Å². The van der Waals surface area contributed by atoms with Crippen LogP contribution in [-0.2, 0) is 5.41 Å². The third-order valence-electron chi connectivity index (χ3n) is 11.8. The molecule has 0 unspecified atom stereocenters. The van der Waals surface area contributed by atoms with Crippen molar-refractivity contribution in [2.75, 3.05) is 0 Å². The highest BCUT2D eigenvalue weighted by molar-refractivity contribution is 6.09. The second-order valence-electron chi connectivity index (χ2n) is 16.8. The minimum atomic E-state index is -2.39.